The quantitative estimate of drug-likeness (QED) is 0.247. The van der Waals surface area contributed by atoms with E-state index in [0.717, 1.165) is 0 Å². The molecule has 0 saturated carbocycles. The van der Waals surface area contributed by atoms with Crippen molar-refractivity contribution >= 4 is 44.7 Å². The minimum Gasteiger partial charge on any atom is -0.542 e. The van der Waals surface area contributed by atoms with Gasteiger partial charge in [-0.2, -0.15) is 6.42 Å². The second kappa shape index (κ2) is 12.6. The fourth-order valence-electron chi connectivity index (χ4n) is 2.73. The van der Waals surface area contributed by atoms with Gasteiger partial charge >= 0.3 is 31.1 Å². The largest absolute Gasteiger partial charge is 2.00 e. The average molecular weight is 683 g/mol. The van der Waals surface area contributed by atoms with Crippen LogP contribution in [0.15, 0.2) is 42.5 Å². The first kappa shape index (κ1) is 27.7. The molecule has 1 heterocycles. The van der Waals surface area contributed by atoms with E-state index in [1.807, 2.05) is 6.07 Å². The molecule has 0 amide bonds. The third-order valence-electron chi connectivity index (χ3n) is 4.17. The van der Waals surface area contributed by atoms with Crippen molar-refractivity contribution in [3.63, 3.8) is 0 Å². The van der Waals surface area contributed by atoms with Gasteiger partial charge in [-0.3, -0.25) is 11.0 Å². The van der Waals surface area contributed by atoms with Crippen molar-refractivity contribution in [2.45, 2.75) is 12.8 Å². The minimum atomic E-state index is -3.75. The molecule has 0 aliphatic heterocycles. The summed E-state index contributed by atoms with van der Waals surface area (Å²) < 4.78 is 38.0. The van der Waals surface area contributed by atoms with E-state index in [-0.39, 0.29) is 68.8 Å². The molecule has 3 aromatic rings. The van der Waals surface area contributed by atoms with Crippen molar-refractivity contribution in [2.75, 3.05) is 30.0 Å². The number of anilines is 3. The number of sulfonamides is 1. The summed E-state index contributed by atoms with van der Waals surface area (Å²) in [6, 6.07) is 12.3. The number of nitrogens with one attached hydrogen (secondary N) is 2. The fraction of sp³-hybridized carbons (Fsp3) is 0.238. The van der Waals surface area contributed by atoms with Crippen molar-refractivity contribution < 1.29 is 53.8 Å². The molecule has 168 valence electrons. The number of hydrogen-bond acceptors (Lipinski definition) is 8. The van der Waals surface area contributed by atoms with Gasteiger partial charge in [-0.15, -0.1) is 0 Å². The first-order valence-corrected chi connectivity index (χ1v) is 10.7. The molecule has 3 rings (SSSR count). The molecule has 32 heavy (non-hydrogen) atoms. The number of para-hydroxylation sites is 2. The van der Waals surface area contributed by atoms with Crippen molar-refractivity contribution in [1.82, 2.24) is 9.97 Å². The zero-order valence-corrected chi connectivity index (χ0v) is 23.0. The summed E-state index contributed by atoms with van der Waals surface area (Å²) in [6.07, 6.45) is 1.88. The summed E-state index contributed by atoms with van der Waals surface area (Å²) in [5.41, 5.74) is 1.64. The van der Waals surface area contributed by atoms with E-state index >= 15 is 0 Å². The number of hydrogen-bond donors (Lipinski definition) is 2. The monoisotopic (exact) mass is 682 g/mol. The van der Waals surface area contributed by atoms with Gasteiger partial charge in [-0.25, -0.2) is 18.4 Å². The van der Waals surface area contributed by atoms with E-state index in [9.17, 15) is 13.2 Å². The Morgan fingerprint density at radius 3 is 2.25 bits per heavy atom. The molecule has 9 nitrogen and oxygen atoms in total. The van der Waals surface area contributed by atoms with Gasteiger partial charge in [0.05, 0.1) is 36.7 Å². The Morgan fingerprint density at radius 1 is 1.00 bits per heavy atom. The van der Waals surface area contributed by atoms with Gasteiger partial charge in [0.1, 0.15) is 11.5 Å². The second-order valence-electron chi connectivity index (χ2n) is 6.27. The maximum atomic E-state index is 12.5. The zero-order chi connectivity index (χ0) is 21.6. The van der Waals surface area contributed by atoms with Crippen LogP contribution < -0.4 is 19.5 Å². The molecule has 1 aromatic heterocycles. The molecule has 0 radical (unpaired) electrons. The zero-order valence-electron chi connectivity index (χ0n) is 18.0. The SMILES string of the molecule is COc1ccc(OC)c(Nc2nc3ccccc3nc2NS(=O)(=O)CCC[C-]=O)c1.[CH3-].[U+2]. The van der Waals surface area contributed by atoms with E-state index in [2.05, 4.69) is 20.0 Å². The van der Waals surface area contributed by atoms with Gasteiger partial charge in [0, 0.05) is 6.07 Å². The van der Waals surface area contributed by atoms with Crippen LogP contribution >= 0.6 is 0 Å². The van der Waals surface area contributed by atoms with E-state index in [1.165, 1.54) is 14.2 Å². The van der Waals surface area contributed by atoms with Gasteiger partial charge in [-0.1, -0.05) is 18.6 Å². The molecule has 0 aliphatic rings. The Hall–Kier alpha value is -2.35. The van der Waals surface area contributed by atoms with Gasteiger partial charge < -0.3 is 27.0 Å². The topological polar surface area (TPSA) is 120 Å². The average Bonchev–Trinajstić information content (AvgIpc) is 2.74. The third kappa shape index (κ3) is 7.09. The summed E-state index contributed by atoms with van der Waals surface area (Å²) in [7, 11) is -0.686. The molecule has 0 bridgehead atoms. The Kier molecular flexibility index (Phi) is 10.9. The summed E-state index contributed by atoms with van der Waals surface area (Å²) >= 11 is 0. The number of carbonyl (C=O) groups excluding carboxylic acids is 1. The van der Waals surface area contributed by atoms with E-state index in [0.29, 0.717) is 28.2 Å². The molecular formula is C21H24N4O5SU. The Labute approximate surface area is 211 Å². The number of fused-ring (bicyclic) bond motifs is 1. The van der Waals surface area contributed by atoms with Crippen LogP contribution in [0.1, 0.15) is 12.8 Å². The first-order chi connectivity index (χ1) is 14.5. The van der Waals surface area contributed by atoms with Crippen LogP contribution in [0.4, 0.5) is 17.3 Å². The van der Waals surface area contributed by atoms with Crippen LogP contribution in [0.5, 0.6) is 11.5 Å². The summed E-state index contributed by atoms with van der Waals surface area (Å²) in [6.45, 7) is 0. The van der Waals surface area contributed by atoms with Crippen molar-refractivity contribution in [2.24, 2.45) is 0 Å². The van der Waals surface area contributed by atoms with Crippen molar-refractivity contribution in [3.8, 4) is 11.5 Å². The molecule has 0 atom stereocenters. The van der Waals surface area contributed by atoms with Crippen LogP contribution in [0.3, 0.4) is 0 Å². The van der Waals surface area contributed by atoms with Crippen LogP contribution in [0.2, 0.25) is 0 Å². The van der Waals surface area contributed by atoms with E-state index in [4.69, 9.17) is 9.47 Å². The number of unbranched alkanes of at least 4 members (excludes halogenated alkanes) is 1. The third-order valence-corrected chi connectivity index (χ3v) is 5.50. The van der Waals surface area contributed by atoms with Gasteiger partial charge in [-0.05, 0) is 24.3 Å². The molecule has 0 unspecified atom stereocenters. The number of ether oxygens (including phenoxy) is 2. The number of rotatable bonds is 10. The summed E-state index contributed by atoms with van der Waals surface area (Å²) in [4.78, 5) is 19.3. The molecule has 11 heteroatoms. The number of methoxy groups -OCH3 is 2. The Balaban J connectivity index is 0.00000256. The first-order valence-electron chi connectivity index (χ1n) is 9.07. The maximum absolute atomic E-state index is 12.5. The number of aromatic nitrogens is 2. The summed E-state index contributed by atoms with van der Waals surface area (Å²) in [5.74, 6) is 1.10. The van der Waals surface area contributed by atoms with Crippen LogP contribution in [-0.4, -0.2) is 44.6 Å². The van der Waals surface area contributed by atoms with Crippen LogP contribution in [-0.2, 0) is 14.8 Å². The van der Waals surface area contributed by atoms with Crippen LogP contribution in [0, 0.1) is 38.5 Å². The fourth-order valence-corrected chi connectivity index (χ4v) is 3.79. The molecule has 0 spiro atoms. The van der Waals surface area contributed by atoms with Crippen molar-refractivity contribution in [1.29, 1.82) is 0 Å². The number of nitrogens with zero attached hydrogens (tertiary/aromatic N) is 2. The predicted octanol–water partition coefficient (Wildman–Crippen LogP) is 3.47. The molecule has 0 aliphatic carbocycles. The molecule has 2 aromatic carbocycles. The molecular weight excluding hydrogens is 658 g/mol. The normalized spacial score (nSPS) is 10.4. The summed E-state index contributed by atoms with van der Waals surface area (Å²) in [5, 5.41) is 3.08. The smallest absolute Gasteiger partial charge is 0.542 e. The Morgan fingerprint density at radius 2 is 1.66 bits per heavy atom. The Bertz CT molecular complexity index is 1160. The maximum Gasteiger partial charge on any atom is 2.00 e. The van der Waals surface area contributed by atoms with Gasteiger partial charge in [0.15, 0.2) is 11.6 Å². The second-order valence-corrected chi connectivity index (χ2v) is 8.11. The van der Waals surface area contributed by atoms with E-state index in [1.54, 1.807) is 42.7 Å². The van der Waals surface area contributed by atoms with Crippen LogP contribution in [0.25, 0.3) is 11.0 Å². The molecule has 2 N–H and O–H groups in total. The standard InChI is InChI=1S/C20H21N4O5S.CH3.U/c1-28-14-9-10-18(29-2)17(13-14)23-19-20(24-30(26,27)12-6-5-11-25)22-16-8-4-3-7-15(16)21-19;;/h3-4,7-10,13H,5-6,12H2,1-2H3,(H,21,23)(H,22,24);1H3;/q2*-1;+2. The predicted molar refractivity (Wildman–Crippen MR) is 121 cm³/mol. The molecule has 0 saturated heterocycles. The van der Waals surface area contributed by atoms with Crippen molar-refractivity contribution in [3.05, 3.63) is 49.9 Å². The molecule has 0 fully saturated rings. The minimum absolute atomic E-state index is 0. The van der Waals surface area contributed by atoms with E-state index < -0.39 is 10.0 Å². The van der Waals surface area contributed by atoms with Gasteiger partial charge in [0.2, 0.25) is 10.0 Å². The van der Waals surface area contributed by atoms with Gasteiger partial charge in [0.25, 0.3) is 0 Å². The number of benzene rings is 2.